The van der Waals surface area contributed by atoms with Crippen LogP contribution in [-0.2, 0) is 4.79 Å². The van der Waals surface area contributed by atoms with E-state index in [9.17, 15) is 14.0 Å². The van der Waals surface area contributed by atoms with Crippen molar-refractivity contribution in [2.24, 2.45) is 0 Å². The number of fused-ring (bicyclic) bond motifs is 1. The Morgan fingerprint density at radius 1 is 1.03 bits per heavy atom. The lowest BCUT2D eigenvalue weighted by atomic mass is 9.91. The van der Waals surface area contributed by atoms with E-state index in [-0.39, 0.29) is 23.7 Å². The Kier molecular flexibility index (Phi) is 6.94. The molecule has 0 saturated heterocycles. The van der Waals surface area contributed by atoms with Crippen LogP contribution in [0.5, 0.6) is 0 Å². The summed E-state index contributed by atoms with van der Waals surface area (Å²) < 4.78 is 15.0. The summed E-state index contributed by atoms with van der Waals surface area (Å²) in [6, 6.07) is 5.35. The topological polar surface area (TPSA) is 137 Å². The summed E-state index contributed by atoms with van der Waals surface area (Å²) in [5.74, 6) is -0.483. The first-order valence-electron chi connectivity index (χ1n) is 12.3. The van der Waals surface area contributed by atoms with Gasteiger partial charge in [0.15, 0.2) is 11.3 Å². The molecule has 0 bridgehead atoms. The molecule has 2 aliphatic rings. The number of carbonyl (C=O) groups excluding carboxylic acids is 2. The van der Waals surface area contributed by atoms with Crippen LogP contribution in [0.15, 0.2) is 30.6 Å². The molecule has 12 heteroatoms. The highest BCUT2D eigenvalue weighted by Gasteiger charge is 2.26. The number of halogens is 1. The van der Waals surface area contributed by atoms with Gasteiger partial charge in [-0.2, -0.15) is 4.39 Å². The van der Waals surface area contributed by atoms with Crippen molar-refractivity contribution < 1.29 is 14.0 Å². The second-order valence-corrected chi connectivity index (χ2v) is 9.35. The van der Waals surface area contributed by atoms with Crippen molar-refractivity contribution in [3.8, 4) is 0 Å². The van der Waals surface area contributed by atoms with Crippen LogP contribution < -0.4 is 26.6 Å². The number of pyridine rings is 1. The fraction of sp³-hybridized carbons (Fsp3) is 0.458. The largest absolute Gasteiger partial charge is 0.379 e. The first kappa shape index (κ1) is 23.9. The van der Waals surface area contributed by atoms with Crippen LogP contribution in [0.25, 0.3) is 5.65 Å². The SMILES string of the molecule is CNCC(=O)NC1CCC(Nc2cc(NC3CC3)c3ncc(C(=O)Nc4ccnc(F)c4)n3n2)CC1. The fourth-order valence-electron chi connectivity index (χ4n) is 4.45. The second-order valence-electron chi connectivity index (χ2n) is 9.35. The number of imidazole rings is 1. The lowest BCUT2D eigenvalue weighted by Crippen LogP contribution is -2.43. The average Bonchev–Trinajstić information content (AvgIpc) is 3.55. The molecular weight excluding hydrogens is 465 g/mol. The van der Waals surface area contributed by atoms with Gasteiger partial charge in [0.2, 0.25) is 11.9 Å². The minimum absolute atomic E-state index is 0.0113. The van der Waals surface area contributed by atoms with Crippen molar-refractivity contribution in [3.05, 3.63) is 42.2 Å². The molecule has 0 spiro atoms. The summed E-state index contributed by atoms with van der Waals surface area (Å²) in [5, 5.41) is 20.3. The first-order chi connectivity index (χ1) is 17.5. The predicted octanol–water partition coefficient (Wildman–Crippen LogP) is 2.15. The van der Waals surface area contributed by atoms with E-state index in [2.05, 4.69) is 41.7 Å². The standard InChI is InChI=1S/C24H30FN9O2/c1-26-13-22(35)31-16-6-4-15(5-7-16)30-21-11-18(29-14-2-3-14)23-28-12-19(34(23)33-21)24(36)32-17-8-9-27-20(25)10-17/h8-12,14-16,26,29H,2-7,13H2,1H3,(H,30,33)(H,31,35)(H,27,32,36). The lowest BCUT2D eigenvalue weighted by molar-refractivity contribution is -0.121. The minimum Gasteiger partial charge on any atom is -0.379 e. The van der Waals surface area contributed by atoms with Gasteiger partial charge < -0.3 is 26.6 Å². The molecule has 3 aromatic heterocycles. The van der Waals surface area contributed by atoms with Gasteiger partial charge in [-0.05, 0) is 51.6 Å². The molecule has 2 saturated carbocycles. The van der Waals surface area contributed by atoms with Crippen LogP contribution >= 0.6 is 0 Å². The number of nitrogens with one attached hydrogen (secondary N) is 5. The summed E-state index contributed by atoms with van der Waals surface area (Å²) >= 11 is 0. The van der Waals surface area contributed by atoms with Gasteiger partial charge in [-0.1, -0.05) is 0 Å². The quantitative estimate of drug-likeness (QED) is 0.285. The number of hydrogen-bond donors (Lipinski definition) is 5. The monoisotopic (exact) mass is 495 g/mol. The van der Waals surface area contributed by atoms with Crippen LogP contribution in [-0.4, -0.2) is 63.1 Å². The molecule has 0 aromatic carbocycles. The zero-order chi connectivity index (χ0) is 25.1. The number of aromatic nitrogens is 4. The Morgan fingerprint density at radius 3 is 2.47 bits per heavy atom. The van der Waals surface area contributed by atoms with Gasteiger partial charge in [0.25, 0.3) is 5.91 Å². The van der Waals surface area contributed by atoms with E-state index in [1.807, 2.05) is 6.07 Å². The van der Waals surface area contributed by atoms with Gasteiger partial charge >= 0.3 is 0 Å². The van der Waals surface area contributed by atoms with Crippen molar-refractivity contribution in [1.29, 1.82) is 0 Å². The van der Waals surface area contributed by atoms with Crippen LogP contribution in [0.3, 0.4) is 0 Å². The number of carbonyl (C=O) groups is 2. The van der Waals surface area contributed by atoms with Crippen molar-refractivity contribution in [3.63, 3.8) is 0 Å². The van der Waals surface area contributed by atoms with Gasteiger partial charge in [-0.25, -0.2) is 14.5 Å². The van der Waals surface area contributed by atoms with Crippen molar-refractivity contribution in [2.75, 3.05) is 29.5 Å². The van der Waals surface area contributed by atoms with Crippen LogP contribution in [0, 0.1) is 5.95 Å². The molecule has 11 nitrogen and oxygen atoms in total. The van der Waals surface area contributed by atoms with Crippen LogP contribution in [0.4, 0.5) is 21.6 Å². The van der Waals surface area contributed by atoms with Crippen molar-refractivity contribution in [1.82, 2.24) is 30.2 Å². The van der Waals surface area contributed by atoms with Gasteiger partial charge in [0, 0.05) is 42.1 Å². The fourth-order valence-corrected chi connectivity index (χ4v) is 4.45. The zero-order valence-corrected chi connectivity index (χ0v) is 20.1. The molecule has 3 heterocycles. The molecule has 0 aliphatic heterocycles. The van der Waals surface area contributed by atoms with E-state index in [1.165, 1.54) is 23.0 Å². The molecule has 3 aromatic rings. The maximum atomic E-state index is 13.5. The average molecular weight is 496 g/mol. The molecule has 2 fully saturated rings. The van der Waals surface area contributed by atoms with Crippen molar-refractivity contribution >= 4 is 34.7 Å². The number of hydrogen-bond acceptors (Lipinski definition) is 8. The molecule has 0 atom stereocenters. The van der Waals surface area contributed by atoms with E-state index in [0.29, 0.717) is 29.7 Å². The summed E-state index contributed by atoms with van der Waals surface area (Å²) in [4.78, 5) is 32.8. The molecule has 2 amide bonds. The normalized spacial score (nSPS) is 19.6. The highest BCUT2D eigenvalue weighted by molar-refractivity contribution is 6.03. The van der Waals surface area contributed by atoms with Gasteiger partial charge in [-0.3, -0.25) is 9.59 Å². The Bertz CT molecular complexity index is 1250. The minimum atomic E-state index is -0.678. The van der Waals surface area contributed by atoms with E-state index in [4.69, 9.17) is 0 Å². The first-order valence-corrected chi connectivity index (χ1v) is 12.3. The third-order valence-electron chi connectivity index (χ3n) is 6.40. The summed E-state index contributed by atoms with van der Waals surface area (Å²) in [6.45, 7) is 0.315. The molecule has 0 unspecified atom stereocenters. The molecule has 190 valence electrons. The van der Waals surface area contributed by atoms with Gasteiger partial charge in [0.05, 0.1) is 18.4 Å². The summed E-state index contributed by atoms with van der Waals surface area (Å²) in [6.07, 6.45) is 8.47. The Labute approximate surface area is 207 Å². The highest BCUT2D eigenvalue weighted by atomic mass is 19.1. The lowest BCUT2D eigenvalue weighted by Gasteiger charge is -2.30. The van der Waals surface area contributed by atoms with E-state index in [1.54, 1.807) is 7.05 Å². The van der Waals surface area contributed by atoms with Crippen molar-refractivity contribution in [2.45, 2.75) is 56.7 Å². The summed E-state index contributed by atoms with van der Waals surface area (Å²) in [5.41, 5.74) is 1.89. The molecule has 36 heavy (non-hydrogen) atoms. The second kappa shape index (κ2) is 10.4. The van der Waals surface area contributed by atoms with E-state index >= 15 is 0 Å². The molecular formula is C24H30FN9O2. The van der Waals surface area contributed by atoms with E-state index < -0.39 is 11.9 Å². The third-order valence-corrected chi connectivity index (χ3v) is 6.40. The number of likely N-dealkylation sites (N-methyl/N-ethyl adjacent to an activating group) is 1. The Morgan fingerprint density at radius 2 is 1.75 bits per heavy atom. The maximum Gasteiger partial charge on any atom is 0.276 e. The molecule has 5 N–H and O–H groups in total. The number of rotatable bonds is 9. The molecule has 0 radical (unpaired) electrons. The number of anilines is 3. The molecule has 5 rings (SSSR count). The smallest absolute Gasteiger partial charge is 0.276 e. The zero-order valence-electron chi connectivity index (χ0n) is 20.1. The predicted molar refractivity (Wildman–Crippen MR) is 134 cm³/mol. The third kappa shape index (κ3) is 5.70. The molecule has 2 aliphatic carbocycles. The number of nitrogens with zero attached hydrogens (tertiary/aromatic N) is 4. The Balaban J connectivity index is 1.33. The van der Waals surface area contributed by atoms with E-state index in [0.717, 1.165) is 50.3 Å². The number of amides is 2. The van der Waals surface area contributed by atoms with Gasteiger partial charge in [0.1, 0.15) is 5.82 Å². The summed E-state index contributed by atoms with van der Waals surface area (Å²) in [7, 11) is 1.75. The van der Waals surface area contributed by atoms with Gasteiger partial charge in [-0.15, -0.1) is 5.10 Å². The highest BCUT2D eigenvalue weighted by Crippen LogP contribution is 2.30. The van der Waals surface area contributed by atoms with Crippen LogP contribution in [0.2, 0.25) is 0 Å². The Hall–Kier alpha value is -3.80. The van der Waals surface area contributed by atoms with Crippen LogP contribution in [0.1, 0.15) is 49.0 Å². The maximum absolute atomic E-state index is 13.5.